The largest absolute Gasteiger partial charge is 0.478 e. The standard InChI is InChI=1S/C5H12O2.5C4H6O2/c1-5(2,3-6)4-7;5*1-3(2)4(5)6/h6-7H,3-4H2,1-2H3;5*1H2,2H3,(H,5,6). The van der Waals surface area contributed by atoms with Crippen LogP contribution in [0.4, 0.5) is 0 Å². The molecule has 12 nitrogen and oxygen atoms in total. The van der Waals surface area contributed by atoms with E-state index in [1.165, 1.54) is 34.6 Å². The lowest BCUT2D eigenvalue weighted by molar-refractivity contribution is -0.133. The van der Waals surface area contributed by atoms with Crippen LogP contribution < -0.4 is 0 Å². The molecule has 0 saturated carbocycles. The van der Waals surface area contributed by atoms with Crippen LogP contribution >= 0.6 is 0 Å². The molecule has 0 fully saturated rings. The summed E-state index contributed by atoms with van der Waals surface area (Å²) in [6, 6.07) is 0. The van der Waals surface area contributed by atoms with Gasteiger partial charge in [0.2, 0.25) is 0 Å². The van der Waals surface area contributed by atoms with Crippen molar-refractivity contribution in [3.05, 3.63) is 60.8 Å². The van der Waals surface area contributed by atoms with Crippen LogP contribution in [0.5, 0.6) is 0 Å². The molecule has 7 N–H and O–H groups in total. The van der Waals surface area contributed by atoms with Crippen LogP contribution in [0.15, 0.2) is 60.8 Å². The fraction of sp³-hybridized carbons (Fsp3) is 0.400. The van der Waals surface area contributed by atoms with E-state index in [0.717, 1.165) is 0 Å². The van der Waals surface area contributed by atoms with Gasteiger partial charge in [0.05, 0.1) is 13.2 Å². The summed E-state index contributed by atoms with van der Waals surface area (Å²) in [5, 5.41) is 56.3. The van der Waals surface area contributed by atoms with E-state index in [0.29, 0.717) is 0 Å². The van der Waals surface area contributed by atoms with Crippen molar-refractivity contribution in [3.63, 3.8) is 0 Å². The normalized spacial score (nSPS) is 8.35. The number of carboxylic acid groups (broad SMARTS) is 5. The maximum atomic E-state index is 9.60. The van der Waals surface area contributed by atoms with Crippen LogP contribution in [0, 0.1) is 5.41 Å². The molecule has 0 aliphatic rings. The quantitative estimate of drug-likeness (QED) is 0.234. The van der Waals surface area contributed by atoms with Crippen molar-refractivity contribution in [2.75, 3.05) is 13.2 Å². The highest BCUT2D eigenvalue weighted by atomic mass is 16.4. The molecular formula is C25H42O12. The maximum absolute atomic E-state index is 9.60. The molecule has 0 aliphatic heterocycles. The summed E-state index contributed by atoms with van der Waals surface area (Å²) in [5.74, 6) is -4.68. The van der Waals surface area contributed by atoms with Crippen LogP contribution in [0.25, 0.3) is 0 Å². The van der Waals surface area contributed by atoms with E-state index in [4.69, 9.17) is 35.7 Å². The Labute approximate surface area is 217 Å². The van der Waals surface area contributed by atoms with Crippen molar-refractivity contribution in [1.82, 2.24) is 0 Å². The molecule has 0 spiro atoms. The number of aliphatic carboxylic acids is 5. The summed E-state index contributed by atoms with van der Waals surface area (Å²) >= 11 is 0. The van der Waals surface area contributed by atoms with Gasteiger partial charge in [0.15, 0.2) is 0 Å². The zero-order valence-electron chi connectivity index (χ0n) is 22.6. The third-order valence-electron chi connectivity index (χ3n) is 2.68. The lowest BCUT2D eigenvalue weighted by Gasteiger charge is -2.16. The van der Waals surface area contributed by atoms with E-state index in [1.807, 2.05) is 0 Å². The summed E-state index contributed by atoms with van der Waals surface area (Å²) in [6.45, 7) is 26.7. The number of aliphatic hydroxyl groups excluding tert-OH is 2. The molecule has 214 valence electrons. The Bertz CT molecular complexity index is 612. The van der Waals surface area contributed by atoms with E-state index in [1.54, 1.807) is 13.8 Å². The summed E-state index contributed by atoms with van der Waals surface area (Å²) in [5.41, 5.74) is 0.574. The van der Waals surface area contributed by atoms with Crippen molar-refractivity contribution < 1.29 is 59.7 Å². The minimum Gasteiger partial charge on any atom is -0.478 e. The van der Waals surface area contributed by atoms with Crippen LogP contribution in [0.3, 0.4) is 0 Å². The van der Waals surface area contributed by atoms with E-state index in [-0.39, 0.29) is 46.5 Å². The van der Waals surface area contributed by atoms with Crippen molar-refractivity contribution in [2.24, 2.45) is 5.41 Å². The van der Waals surface area contributed by atoms with E-state index in [2.05, 4.69) is 32.9 Å². The number of aliphatic hydroxyl groups is 2. The fourth-order valence-corrected chi connectivity index (χ4v) is 0.0500. The van der Waals surface area contributed by atoms with Gasteiger partial charge in [-0.05, 0) is 34.6 Å². The second-order valence-corrected chi connectivity index (χ2v) is 7.91. The van der Waals surface area contributed by atoms with Crippen LogP contribution in [0.1, 0.15) is 48.5 Å². The third kappa shape index (κ3) is 59.5. The molecule has 0 heterocycles. The average Bonchev–Trinajstić information content (AvgIpc) is 2.75. The first-order valence-electron chi connectivity index (χ1n) is 10.00. The molecule has 0 saturated heterocycles. The second-order valence-electron chi connectivity index (χ2n) is 7.91. The monoisotopic (exact) mass is 534 g/mol. The van der Waals surface area contributed by atoms with Gasteiger partial charge in [-0.3, -0.25) is 0 Å². The van der Waals surface area contributed by atoms with E-state index in [9.17, 15) is 24.0 Å². The Hall–Kier alpha value is -4.03. The smallest absolute Gasteiger partial charge is 0.330 e. The molecule has 0 unspecified atom stereocenters. The van der Waals surface area contributed by atoms with Crippen LogP contribution in [0.2, 0.25) is 0 Å². The van der Waals surface area contributed by atoms with Crippen molar-refractivity contribution in [1.29, 1.82) is 0 Å². The zero-order valence-corrected chi connectivity index (χ0v) is 22.6. The van der Waals surface area contributed by atoms with Gasteiger partial charge in [0.1, 0.15) is 0 Å². The number of hydrogen-bond donors (Lipinski definition) is 7. The predicted molar refractivity (Wildman–Crippen MR) is 140 cm³/mol. The zero-order chi connectivity index (χ0) is 31.7. The average molecular weight is 535 g/mol. The first-order valence-corrected chi connectivity index (χ1v) is 10.00. The number of rotatable bonds is 7. The highest BCUT2D eigenvalue weighted by Crippen LogP contribution is 2.10. The van der Waals surface area contributed by atoms with Gasteiger partial charge < -0.3 is 35.7 Å². The van der Waals surface area contributed by atoms with Gasteiger partial charge in [-0.25, -0.2) is 24.0 Å². The number of hydrogen-bond acceptors (Lipinski definition) is 7. The van der Waals surface area contributed by atoms with Crippen LogP contribution in [-0.4, -0.2) is 78.8 Å². The minimum atomic E-state index is -0.935. The van der Waals surface area contributed by atoms with Gasteiger partial charge in [-0.1, -0.05) is 46.7 Å². The summed E-state index contributed by atoms with van der Waals surface area (Å²) in [6.07, 6.45) is 0. The summed E-state index contributed by atoms with van der Waals surface area (Å²) in [4.78, 5) is 48.0. The lowest BCUT2D eigenvalue weighted by atomic mass is 9.97. The van der Waals surface area contributed by atoms with Crippen molar-refractivity contribution in [2.45, 2.75) is 48.5 Å². The first-order chi connectivity index (χ1) is 16.3. The van der Waals surface area contributed by atoms with Gasteiger partial charge in [0, 0.05) is 33.3 Å². The molecule has 0 aromatic rings. The van der Waals surface area contributed by atoms with Gasteiger partial charge in [0.25, 0.3) is 0 Å². The molecule has 37 heavy (non-hydrogen) atoms. The molecular weight excluding hydrogens is 492 g/mol. The molecule has 0 amide bonds. The lowest BCUT2D eigenvalue weighted by Crippen LogP contribution is -2.20. The fourth-order valence-electron chi connectivity index (χ4n) is 0.0500. The molecule has 0 aromatic heterocycles. The van der Waals surface area contributed by atoms with Crippen molar-refractivity contribution in [3.8, 4) is 0 Å². The molecule has 0 aliphatic carbocycles. The Morgan fingerprint density at radius 2 is 0.541 bits per heavy atom. The third-order valence-corrected chi connectivity index (χ3v) is 2.68. The minimum absolute atomic E-state index is 0.0451. The highest BCUT2D eigenvalue weighted by Gasteiger charge is 2.13. The Balaban J connectivity index is -0.0000000780. The number of carbonyl (C=O) groups is 5. The predicted octanol–water partition coefficient (Wildman–Crippen LogP) is 3.23. The van der Waals surface area contributed by atoms with Gasteiger partial charge in [-0.15, -0.1) is 0 Å². The first kappa shape index (κ1) is 46.3. The van der Waals surface area contributed by atoms with Crippen LogP contribution in [-0.2, 0) is 24.0 Å². The number of carboxylic acids is 5. The van der Waals surface area contributed by atoms with E-state index < -0.39 is 29.8 Å². The molecule has 12 heteroatoms. The molecule has 0 rings (SSSR count). The molecule has 0 aromatic carbocycles. The maximum Gasteiger partial charge on any atom is 0.330 e. The molecule has 0 bridgehead atoms. The van der Waals surface area contributed by atoms with E-state index >= 15 is 0 Å². The Morgan fingerprint density at radius 1 is 0.459 bits per heavy atom. The van der Waals surface area contributed by atoms with Gasteiger partial charge in [-0.2, -0.15) is 0 Å². The summed E-state index contributed by atoms with van der Waals surface area (Å²) < 4.78 is 0. The molecule has 0 atom stereocenters. The van der Waals surface area contributed by atoms with Gasteiger partial charge >= 0.3 is 29.8 Å². The second kappa shape index (κ2) is 26.6. The topological polar surface area (TPSA) is 227 Å². The Kier molecular flexibility index (Phi) is 33.3. The Morgan fingerprint density at radius 3 is 0.541 bits per heavy atom. The summed E-state index contributed by atoms with van der Waals surface area (Å²) in [7, 11) is 0. The SMILES string of the molecule is C=C(C)C(=O)O.C=C(C)C(=O)O.C=C(C)C(=O)O.C=C(C)C(=O)O.C=C(C)C(=O)O.CC(C)(CO)CO. The van der Waals surface area contributed by atoms with Crippen molar-refractivity contribution >= 4 is 29.8 Å². The molecule has 0 radical (unpaired) electrons. The highest BCUT2D eigenvalue weighted by molar-refractivity contribution is 5.86.